The molecular formula is C16H23NO3. The van der Waals surface area contributed by atoms with Crippen molar-refractivity contribution < 1.29 is 14.3 Å². The minimum atomic E-state index is -0.199. The van der Waals surface area contributed by atoms with Gasteiger partial charge in [0.05, 0.1) is 25.9 Å². The van der Waals surface area contributed by atoms with Crippen LogP contribution in [0.15, 0.2) is 24.3 Å². The molecule has 0 radical (unpaired) electrons. The first kappa shape index (κ1) is 14.9. The van der Waals surface area contributed by atoms with Crippen LogP contribution in [0.2, 0.25) is 0 Å². The predicted molar refractivity (Wildman–Crippen MR) is 77.9 cm³/mol. The summed E-state index contributed by atoms with van der Waals surface area (Å²) in [6.07, 6.45) is 1.30. The highest BCUT2D eigenvalue weighted by Crippen LogP contribution is 2.21. The second-order valence-electron chi connectivity index (χ2n) is 5.76. The van der Waals surface area contributed by atoms with Gasteiger partial charge in [0.25, 0.3) is 0 Å². The second-order valence-corrected chi connectivity index (χ2v) is 5.76. The highest BCUT2D eigenvalue weighted by Gasteiger charge is 2.33. The van der Waals surface area contributed by atoms with Crippen molar-refractivity contribution in [3.05, 3.63) is 29.8 Å². The number of ether oxygens (including phenoxy) is 2. The molecule has 0 aliphatic carbocycles. The van der Waals surface area contributed by atoms with Crippen molar-refractivity contribution in [3.8, 4) is 5.75 Å². The zero-order valence-electron chi connectivity index (χ0n) is 12.5. The maximum absolute atomic E-state index is 12.4. The van der Waals surface area contributed by atoms with Gasteiger partial charge in [-0.25, -0.2) is 0 Å². The number of hydrogen-bond acceptors (Lipinski definition) is 3. The third-order valence-corrected chi connectivity index (χ3v) is 3.73. The fraction of sp³-hybridized carbons (Fsp3) is 0.562. The molecule has 0 spiro atoms. The Bertz CT molecular complexity index is 453. The Balaban J connectivity index is 1.90. The summed E-state index contributed by atoms with van der Waals surface area (Å²) in [7, 11) is 1.65. The van der Waals surface area contributed by atoms with Crippen LogP contribution in [0.4, 0.5) is 0 Å². The number of carbonyl (C=O) groups excluding carboxylic acids is 1. The molecule has 1 fully saturated rings. The Hall–Kier alpha value is -1.55. The number of aryl methyl sites for hydroxylation is 1. The molecule has 0 bridgehead atoms. The van der Waals surface area contributed by atoms with E-state index in [2.05, 4.69) is 13.8 Å². The first-order chi connectivity index (χ1) is 9.53. The molecule has 1 heterocycles. The molecule has 1 aliphatic heterocycles. The highest BCUT2D eigenvalue weighted by molar-refractivity contribution is 5.77. The van der Waals surface area contributed by atoms with Gasteiger partial charge in [-0.15, -0.1) is 0 Å². The summed E-state index contributed by atoms with van der Waals surface area (Å²) in [6, 6.07) is 7.88. The molecule has 1 aliphatic rings. The van der Waals surface area contributed by atoms with E-state index in [1.165, 1.54) is 0 Å². The fourth-order valence-corrected chi connectivity index (χ4v) is 2.50. The number of methoxy groups -OCH3 is 1. The average molecular weight is 277 g/mol. The van der Waals surface area contributed by atoms with Crippen LogP contribution in [0.25, 0.3) is 0 Å². The van der Waals surface area contributed by atoms with Crippen LogP contribution in [-0.2, 0) is 16.0 Å². The van der Waals surface area contributed by atoms with Crippen molar-refractivity contribution >= 4 is 5.91 Å². The quantitative estimate of drug-likeness (QED) is 0.847. The van der Waals surface area contributed by atoms with E-state index in [4.69, 9.17) is 9.47 Å². The third-order valence-electron chi connectivity index (χ3n) is 3.73. The van der Waals surface area contributed by atoms with Crippen LogP contribution in [0.3, 0.4) is 0 Å². The molecule has 4 nitrogen and oxygen atoms in total. The molecule has 1 amide bonds. The molecule has 1 aromatic rings. The van der Waals surface area contributed by atoms with Crippen molar-refractivity contribution in [1.29, 1.82) is 0 Å². The normalized spacial score (nSPS) is 17.9. The lowest BCUT2D eigenvalue weighted by Gasteiger charge is -2.42. The van der Waals surface area contributed by atoms with Gasteiger partial charge in [0.1, 0.15) is 5.75 Å². The molecule has 4 heteroatoms. The Morgan fingerprint density at radius 2 is 2.05 bits per heavy atom. The van der Waals surface area contributed by atoms with Crippen molar-refractivity contribution in [1.82, 2.24) is 4.90 Å². The number of morpholine rings is 1. The van der Waals surface area contributed by atoms with Gasteiger partial charge in [-0.2, -0.15) is 0 Å². The SMILES string of the molecule is COc1ccc(CCC(=O)N2CCOCC2(C)C)cc1. The molecule has 20 heavy (non-hydrogen) atoms. The molecule has 0 aromatic heterocycles. The molecule has 1 aromatic carbocycles. The molecule has 110 valence electrons. The van der Waals surface area contributed by atoms with E-state index in [0.29, 0.717) is 26.2 Å². The molecule has 1 saturated heterocycles. The lowest BCUT2D eigenvalue weighted by Crippen LogP contribution is -2.55. The monoisotopic (exact) mass is 277 g/mol. The first-order valence-corrected chi connectivity index (χ1v) is 7.04. The van der Waals surface area contributed by atoms with Crippen molar-refractivity contribution in [3.63, 3.8) is 0 Å². The summed E-state index contributed by atoms with van der Waals surface area (Å²) in [4.78, 5) is 14.3. The smallest absolute Gasteiger partial charge is 0.223 e. The lowest BCUT2D eigenvalue weighted by molar-refractivity contribution is -0.146. The molecule has 0 saturated carbocycles. The van der Waals surface area contributed by atoms with Crippen LogP contribution in [-0.4, -0.2) is 43.2 Å². The van der Waals surface area contributed by atoms with Gasteiger partial charge in [-0.1, -0.05) is 12.1 Å². The van der Waals surface area contributed by atoms with E-state index in [9.17, 15) is 4.79 Å². The fourth-order valence-electron chi connectivity index (χ4n) is 2.50. The number of rotatable bonds is 4. The summed E-state index contributed by atoms with van der Waals surface area (Å²) in [5.41, 5.74) is 0.958. The summed E-state index contributed by atoms with van der Waals surface area (Å²) >= 11 is 0. The molecule has 0 atom stereocenters. The van der Waals surface area contributed by atoms with Gasteiger partial charge in [0.15, 0.2) is 0 Å². The minimum Gasteiger partial charge on any atom is -0.497 e. The Morgan fingerprint density at radius 1 is 1.35 bits per heavy atom. The number of nitrogens with zero attached hydrogens (tertiary/aromatic N) is 1. The Kier molecular flexibility index (Phi) is 4.65. The van der Waals surface area contributed by atoms with Crippen LogP contribution in [0.1, 0.15) is 25.8 Å². The largest absolute Gasteiger partial charge is 0.497 e. The van der Waals surface area contributed by atoms with E-state index >= 15 is 0 Å². The molecular weight excluding hydrogens is 254 g/mol. The number of carbonyl (C=O) groups is 1. The average Bonchev–Trinajstić information content (AvgIpc) is 2.45. The van der Waals surface area contributed by atoms with E-state index in [1.54, 1.807) is 7.11 Å². The van der Waals surface area contributed by atoms with E-state index in [0.717, 1.165) is 17.7 Å². The maximum atomic E-state index is 12.4. The minimum absolute atomic E-state index is 0.199. The highest BCUT2D eigenvalue weighted by atomic mass is 16.5. The lowest BCUT2D eigenvalue weighted by atomic mass is 10.0. The van der Waals surface area contributed by atoms with Gasteiger partial charge in [0, 0.05) is 13.0 Å². The topological polar surface area (TPSA) is 38.8 Å². The number of benzene rings is 1. The van der Waals surface area contributed by atoms with Gasteiger partial charge in [-0.05, 0) is 38.0 Å². The Labute approximate surface area is 120 Å². The van der Waals surface area contributed by atoms with E-state index < -0.39 is 0 Å². The second kappa shape index (κ2) is 6.27. The van der Waals surface area contributed by atoms with Crippen LogP contribution < -0.4 is 4.74 Å². The molecule has 2 rings (SSSR count). The van der Waals surface area contributed by atoms with Gasteiger partial charge < -0.3 is 14.4 Å². The van der Waals surface area contributed by atoms with Gasteiger partial charge in [0.2, 0.25) is 5.91 Å². The predicted octanol–water partition coefficient (Wildman–Crippen LogP) is 2.27. The number of amides is 1. The zero-order valence-corrected chi connectivity index (χ0v) is 12.5. The summed E-state index contributed by atoms with van der Waals surface area (Å²) < 4.78 is 10.6. The van der Waals surface area contributed by atoms with Crippen molar-refractivity contribution in [2.45, 2.75) is 32.2 Å². The standard InChI is InChI=1S/C16H23NO3/c1-16(2)12-20-11-10-17(16)15(18)9-6-13-4-7-14(19-3)8-5-13/h4-5,7-8H,6,9-12H2,1-3H3. The molecule has 0 unspecified atom stereocenters. The van der Waals surface area contributed by atoms with Gasteiger partial charge in [-0.3, -0.25) is 4.79 Å². The van der Waals surface area contributed by atoms with Crippen molar-refractivity contribution in [2.24, 2.45) is 0 Å². The van der Waals surface area contributed by atoms with E-state index in [-0.39, 0.29) is 11.4 Å². The molecule has 0 N–H and O–H groups in total. The van der Waals surface area contributed by atoms with Gasteiger partial charge >= 0.3 is 0 Å². The first-order valence-electron chi connectivity index (χ1n) is 7.04. The van der Waals surface area contributed by atoms with Crippen LogP contribution in [0, 0.1) is 0 Å². The maximum Gasteiger partial charge on any atom is 0.223 e. The zero-order chi connectivity index (χ0) is 14.6. The summed E-state index contributed by atoms with van der Waals surface area (Å²) in [5, 5.41) is 0. The summed E-state index contributed by atoms with van der Waals surface area (Å²) in [5.74, 6) is 1.04. The van der Waals surface area contributed by atoms with Crippen molar-refractivity contribution in [2.75, 3.05) is 26.9 Å². The Morgan fingerprint density at radius 3 is 2.65 bits per heavy atom. The van der Waals surface area contributed by atoms with Crippen LogP contribution in [0.5, 0.6) is 5.75 Å². The van der Waals surface area contributed by atoms with Crippen LogP contribution >= 0.6 is 0 Å². The summed E-state index contributed by atoms with van der Waals surface area (Å²) in [6.45, 7) is 6.04. The van der Waals surface area contributed by atoms with E-state index in [1.807, 2.05) is 29.2 Å². The third kappa shape index (κ3) is 3.51. The number of hydrogen-bond donors (Lipinski definition) is 0.